The summed E-state index contributed by atoms with van der Waals surface area (Å²) in [6, 6.07) is 43.7. The van der Waals surface area contributed by atoms with Crippen molar-refractivity contribution < 1.29 is 0 Å². The highest BCUT2D eigenvalue weighted by Crippen LogP contribution is 2.43. The van der Waals surface area contributed by atoms with E-state index in [0.29, 0.717) is 0 Å². The van der Waals surface area contributed by atoms with Crippen molar-refractivity contribution in [2.75, 3.05) is 0 Å². The summed E-state index contributed by atoms with van der Waals surface area (Å²) in [6.45, 7) is 16.7. The van der Waals surface area contributed by atoms with Crippen LogP contribution in [0.25, 0.3) is 90.0 Å². The van der Waals surface area contributed by atoms with Gasteiger partial charge >= 0.3 is 0 Å². The van der Waals surface area contributed by atoms with Crippen molar-refractivity contribution in [1.29, 1.82) is 0 Å². The third kappa shape index (κ3) is 4.40. The van der Waals surface area contributed by atoms with Gasteiger partial charge in [0.2, 0.25) is 0 Å². The van der Waals surface area contributed by atoms with Crippen LogP contribution in [-0.2, 0) is 0 Å². The zero-order chi connectivity index (χ0) is 30.2. The lowest BCUT2D eigenvalue weighted by Crippen LogP contribution is -1.95. The molecule has 0 aliphatic heterocycles. The molecule has 0 heteroatoms. The Labute approximate surface area is 259 Å². The summed E-state index contributed by atoms with van der Waals surface area (Å²) in [7, 11) is 0. The molecule has 0 amide bonds. The Morgan fingerprint density at radius 3 is 1.70 bits per heavy atom. The molecule has 7 rings (SSSR count). The minimum absolute atomic E-state index is 1.06. The Morgan fingerprint density at radius 1 is 0.341 bits per heavy atom. The van der Waals surface area contributed by atoms with E-state index >= 15 is 0 Å². The first-order chi connectivity index (χ1) is 21.6. The van der Waals surface area contributed by atoms with E-state index in [-0.39, 0.29) is 0 Å². The number of benzene rings is 7. The first-order valence-electron chi connectivity index (χ1n) is 14.9. The largest absolute Gasteiger partial charge is 0.0984 e. The molecule has 0 saturated carbocycles. The summed E-state index contributed by atoms with van der Waals surface area (Å²) in [5, 5.41) is 7.27. The first kappa shape index (κ1) is 27.1. The Bertz CT molecular complexity index is 2280. The van der Waals surface area contributed by atoms with Crippen LogP contribution in [0.5, 0.6) is 0 Å². The minimum atomic E-state index is 1.06. The zero-order valence-electron chi connectivity index (χ0n) is 24.7. The van der Waals surface area contributed by atoms with Gasteiger partial charge in [-0.1, -0.05) is 154 Å². The molecular weight excluding hydrogens is 528 g/mol. The second-order valence-corrected chi connectivity index (χ2v) is 11.1. The van der Waals surface area contributed by atoms with Gasteiger partial charge in [0.15, 0.2) is 0 Å². The fourth-order valence-corrected chi connectivity index (χ4v) is 6.62. The average Bonchev–Trinajstić information content (AvgIpc) is 3.09. The molecule has 7 aromatic rings. The summed E-state index contributed by atoms with van der Waals surface area (Å²) in [4.78, 5) is 0. The van der Waals surface area contributed by atoms with Gasteiger partial charge in [-0.05, 0) is 106 Å². The molecule has 44 heavy (non-hydrogen) atoms. The van der Waals surface area contributed by atoms with Crippen LogP contribution in [-0.4, -0.2) is 0 Å². The molecule has 0 fully saturated rings. The van der Waals surface area contributed by atoms with Crippen LogP contribution in [0.15, 0.2) is 148 Å². The van der Waals surface area contributed by atoms with Crippen LogP contribution in [0.4, 0.5) is 0 Å². The molecule has 0 saturated heterocycles. The van der Waals surface area contributed by atoms with Gasteiger partial charge in [-0.15, -0.1) is 0 Å². The number of rotatable bonds is 7. The Balaban J connectivity index is 1.45. The highest BCUT2D eigenvalue weighted by atomic mass is 14.2. The lowest BCUT2D eigenvalue weighted by atomic mass is 9.84. The van der Waals surface area contributed by atoms with Gasteiger partial charge in [-0.3, -0.25) is 0 Å². The average molecular weight is 561 g/mol. The molecule has 0 atom stereocenters. The maximum atomic E-state index is 4.27. The van der Waals surface area contributed by atoms with Gasteiger partial charge in [-0.25, -0.2) is 0 Å². The van der Waals surface area contributed by atoms with Gasteiger partial charge in [0, 0.05) is 0 Å². The lowest BCUT2D eigenvalue weighted by molar-refractivity contribution is 1.56. The molecule has 0 N–H and O–H groups in total. The van der Waals surface area contributed by atoms with Gasteiger partial charge < -0.3 is 0 Å². The molecule has 0 aliphatic rings. The van der Waals surface area contributed by atoms with Crippen LogP contribution >= 0.6 is 0 Å². The van der Waals surface area contributed by atoms with E-state index in [2.05, 4.69) is 148 Å². The van der Waals surface area contributed by atoms with Gasteiger partial charge in [0.05, 0.1) is 0 Å². The summed E-state index contributed by atoms with van der Waals surface area (Å²) in [5.74, 6) is 0. The predicted octanol–water partition coefficient (Wildman–Crippen LogP) is 12.7. The molecule has 0 bridgehead atoms. The summed E-state index contributed by atoms with van der Waals surface area (Å²) >= 11 is 0. The van der Waals surface area contributed by atoms with Crippen molar-refractivity contribution in [3.63, 3.8) is 0 Å². The predicted molar refractivity (Wildman–Crippen MR) is 196 cm³/mol. The molecule has 0 heterocycles. The summed E-state index contributed by atoms with van der Waals surface area (Å²) in [5.41, 5.74) is 11.3. The summed E-state index contributed by atoms with van der Waals surface area (Å²) in [6.07, 6.45) is 7.72. The molecule has 0 spiro atoms. The van der Waals surface area contributed by atoms with E-state index in [4.69, 9.17) is 0 Å². The maximum absolute atomic E-state index is 4.27. The lowest BCUT2D eigenvalue weighted by Gasteiger charge is -2.19. The van der Waals surface area contributed by atoms with E-state index < -0.39 is 0 Å². The van der Waals surface area contributed by atoms with Crippen molar-refractivity contribution >= 4 is 56.6 Å². The monoisotopic (exact) mass is 560 g/mol. The summed E-state index contributed by atoms with van der Waals surface area (Å²) < 4.78 is 0. The fraction of sp³-hybridized carbons (Fsp3) is 0. The third-order valence-electron chi connectivity index (χ3n) is 8.79. The minimum Gasteiger partial charge on any atom is -0.0984 e. The van der Waals surface area contributed by atoms with Crippen LogP contribution in [0.2, 0.25) is 0 Å². The normalized spacial score (nSPS) is 11.1. The number of hydrogen-bond acceptors (Lipinski definition) is 0. The second-order valence-electron chi connectivity index (χ2n) is 11.1. The Hall–Kier alpha value is -5.72. The second kappa shape index (κ2) is 11.2. The number of fused-ring (bicyclic) bond motifs is 4. The molecule has 0 unspecified atom stereocenters. The van der Waals surface area contributed by atoms with E-state index in [0.717, 1.165) is 38.8 Å². The van der Waals surface area contributed by atoms with Crippen LogP contribution in [0, 0.1) is 0 Å². The molecular formula is C44H32. The van der Waals surface area contributed by atoms with E-state index in [1.54, 1.807) is 0 Å². The van der Waals surface area contributed by atoms with Crippen molar-refractivity contribution in [3.8, 4) is 33.4 Å². The van der Waals surface area contributed by atoms with Crippen molar-refractivity contribution in [2.24, 2.45) is 0 Å². The SMILES string of the molecule is C=Cc1cccc(-c2cc3c(cc(-c4ccc(-c5ccc6ccccc6c5)cc4)c4ccccc43)c(C=C)c2C=C)c1C=C. The zero-order valence-corrected chi connectivity index (χ0v) is 24.7. The van der Waals surface area contributed by atoms with Crippen LogP contribution in [0.3, 0.4) is 0 Å². The van der Waals surface area contributed by atoms with Gasteiger partial charge in [-0.2, -0.15) is 0 Å². The van der Waals surface area contributed by atoms with Gasteiger partial charge in [0.25, 0.3) is 0 Å². The first-order valence-corrected chi connectivity index (χ1v) is 14.9. The highest BCUT2D eigenvalue weighted by molar-refractivity contribution is 6.18. The molecule has 7 aromatic carbocycles. The molecule has 0 radical (unpaired) electrons. The molecule has 208 valence electrons. The topological polar surface area (TPSA) is 0 Å². The smallest absolute Gasteiger partial charge is 0.00923 e. The van der Waals surface area contributed by atoms with E-state index in [9.17, 15) is 0 Å². The quantitative estimate of drug-likeness (QED) is 0.170. The standard InChI is InChI=1S/C44H32/c1-5-29-16-13-19-38(35(29)6-2)42-28-44-40-18-12-11-17-39(40)41(27-43(44)37(8-4)36(42)7-3)32-23-20-31(21-24-32)34-25-22-30-14-9-10-15-33(30)26-34/h5-28H,1-4H2. The van der Waals surface area contributed by atoms with Gasteiger partial charge in [0.1, 0.15) is 0 Å². The Morgan fingerprint density at radius 2 is 0.977 bits per heavy atom. The molecule has 0 aliphatic carbocycles. The molecule has 0 aromatic heterocycles. The van der Waals surface area contributed by atoms with Crippen molar-refractivity contribution in [1.82, 2.24) is 0 Å². The third-order valence-corrected chi connectivity index (χ3v) is 8.79. The molecule has 0 nitrogen and oxygen atoms in total. The van der Waals surface area contributed by atoms with E-state index in [1.165, 1.54) is 49.2 Å². The van der Waals surface area contributed by atoms with Crippen molar-refractivity contribution in [3.05, 3.63) is 170 Å². The van der Waals surface area contributed by atoms with E-state index in [1.807, 2.05) is 24.3 Å². The Kier molecular flexibility index (Phi) is 6.89. The number of hydrogen-bond donors (Lipinski definition) is 0. The fourth-order valence-electron chi connectivity index (χ4n) is 6.62. The van der Waals surface area contributed by atoms with Crippen molar-refractivity contribution in [2.45, 2.75) is 0 Å². The van der Waals surface area contributed by atoms with Crippen LogP contribution < -0.4 is 0 Å². The highest BCUT2D eigenvalue weighted by Gasteiger charge is 2.18. The maximum Gasteiger partial charge on any atom is -0.00923 e. The van der Waals surface area contributed by atoms with Crippen LogP contribution in [0.1, 0.15) is 22.3 Å².